The highest BCUT2D eigenvalue weighted by Gasteiger charge is 2.23. The van der Waals surface area contributed by atoms with Crippen molar-refractivity contribution in [1.29, 1.82) is 0 Å². The van der Waals surface area contributed by atoms with E-state index in [1.807, 2.05) is 35.2 Å². The number of ether oxygens (including phenoxy) is 1. The van der Waals surface area contributed by atoms with Gasteiger partial charge in [-0.05, 0) is 61.0 Å². The van der Waals surface area contributed by atoms with E-state index >= 15 is 0 Å². The lowest BCUT2D eigenvalue weighted by atomic mass is 10.2. The minimum atomic E-state index is -0.197. The van der Waals surface area contributed by atoms with Gasteiger partial charge in [-0.3, -0.25) is 10.1 Å². The van der Waals surface area contributed by atoms with Crippen molar-refractivity contribution in [1.82, 2.24) is 5.32 Å². The Balaban J connectivity index is 1.56. The van der Waals surface area contributed by atoms with Gasteiger partial charge in [0.1, 0.15) is 5.75 Å². The summed E-state index contributed by atoms with van der Waals surface area (Å²) < 4.78 is 5.68. The topological polar surface area (TPSA) is 41.6 Å². The molecule has 0 radical (unpaired) electrons. The van der Waals surface area contributed by atoms with E-state index in [9.17, 15) is 4.79 Å². The molecule has 4 nitrogen and oxygen atoms in total. The van der Waals surface area contributed by atoms with Gasteiger partial charge in [0.05, 0.1) is 6.61 Å². The van der Waals surface area contributed by atoms with Crippen LogP contribution in [0, 0.1) is 0 Å². The maximum atomic E-state index is 12.5. The van der Waals surface area contributed by atoms with Gasteiger partial charge < -0.3 is 9.64 Å². The molecule has 3 rings (SSSR count). The predicted molar refractivity (Wildman–Crippen MR) is 109 cm³/mol. The van der Waals surface area contributed by atoms with E-state index in [2.05, 4.69) is 18.3 Å². The first-order valence-corrected chi connectivity index (χ1v) is 9.53. The van der Waals surface area contributed by atoms with Gasteiger partial charge >= 0.3 is 0 Å². The molecule has 0 aliphatic carbocycles. The van der Waals surface area contributed by atoms with E-state index in [-0.39, 0.29) is 5.91 Å². The lowest BCUT2D eigenvalue weighted by Gasteiger charge is -2.20. The molecule has 0 atom stereocenters. The summed E-state index contributed by atoms with van der Waals surface area (Å²) in [6.07, 6.45) is 4.32. The molecule has 1 amide bonds. The SMILES string of the molecule is CCCCCOc1ccc(C(=O)NC(=S)N2CCc3ccccc32)cc1. The lowest BCUT2D eigenvalue weighted by molar-refractivity contribution is 0.0977. The molecule has 0 aromatic heterocycles. The molecule has 0 spiro atoms. The molecular formula is C21H24N2O2S. The molecular weight excluding hydrogens is 344 g/mol. The van der Waals surface area contributed by atoms with Crippen molar-refractivity contribution in [3.63, 3.8) is 0 Å². The van der Waals surface area contributed by atoms with Crippen LogP contribution in [0.25, 0.3) is 0 Å². The molecule has 0 saturated carbocycles. The van der Waals surface area contributed by atoms with Gasteiger partial charge in [0.2, 0.25) is 0 Å². The first kappa shape index (κ1) is 18.4. The molecule has 0 unspecified atom stereocenters. The van der Waals surface area contributed by atoms with Gasteiger partial charge in [0.15, 0.2) is 5.11 Å². The molecule has 1 N–H and O–H groups in total. The average molecular weight is 369 g/mol. The number of hydrogen-bond acceptors (Lipinski definition) is 3. The van der Waals surface area contributed by atoms with Crippen LogP contribution in [0.2, 0.25) is 0 Å². The van der Waals surface area contributed by atoms with Crippen molar-refractivity contribution in [2.45, 2.75) is 32.6 Å². The van der Waals surface area contributed by atoms with Crippen molar-refractivity contribution >= 4 is 28.9 Å². The number of carbonyl (C=O) groups is 1. The summed E-state index contributed by atoms with van der Waals surface area (Å²) >= 11 is 5.44. The minimum absolute atomic E-state index is 0.197. The van der Waals surface area contributed by atoms with Crippen LogP contribution >= 0.6 is 12.2 Å². The van der Waals surface area contributed by atoms with E-state index in [0.717, 1.165) is 37.2 Å². The van der Waals surface area contributed by atoms with Crippen LogP contribution in [0.5, 0.6) is 5.75 Å². The number of hydrogen-bond donors (Lipinski definition) is 1. The van der Waals surface area contributed by atoms with Crippen LogP contribution in [-0.2, 0) is 6.42 Å². The molecule has 1 aliphatic rings. The van der Waals surface area contributed by atoms with Crippen LogP contribution in [0.1, 0.15) is 42.1 Å². The van der Waals surface area contributed by atoms with Crippen LogP contribution in [-0.4, -0.2) is 24.2 Å². The van der Waals surface area contributed by atoms with Gasteiger partial charge in [0, 0.05) is 17.8 Å². The second-order valence-electron chi connectivity index (χ2n) is 6.37. The molecule has 0 bridgehead atoms. The van der Waals surface area contributed by atoms with E-state index in [0.29, 0.717) is 17.3 Å². The smallest absolute Gasteiger partial charge is 0.257 e. The molecule has 0 saturated heterocycles. The van der Waals surface area contributed by atoms with Crippen molar-refractivity contribution in [2.24, 2.45) is 0 Å². The van der Waals surface area contributed by atoms with E-state index in [1.165, 1.54) is 12.0 Å². The number of unbranched alkanes of at least 4 members (excludes halogenated alkanes) is 2. The summed E-state index contributed by atoms with van der Waals surface area (Å²) in [6, 6.07) is 15.3. The Morgan fingerprint density at radius 1 is 1.15 bits per heavy atom. The third-order valence-electron chi connectivity index (χ3n) is 4.49. The second-order valence-corrected chi connectivity index (χ2v) is 6.76. The highest BCUT2D eigenvalue weighted by molar-refractivity contribution is 7.80. The predicted octanol–water partition coefficient (Wildman–Crippen LogP) is 4.33. The summed E-state index contributed by atoms with van der Waals surface area (Å²) in [5, 5.41) is 3.28. The summed E-state index contributed by atoms with van der Waals surface area (Å²) in [5.74, 6) is 0.589. The Bertz CT molecular complexity index is 774. The first-order chi connectivity index (χ1) is 12.7. The standard InChI is InChI=1S/C21H24N2O2S/c1-2-3-6-15-25-18-11-9-17(10-12-18)20(24)22-21(26)23-14-13-16-7-4-5-8-19(16)23/h4-5,7-12H,2-3,6,13-15H2,1H3,(H,22,24,26). The monoisotopic (exact) mass is 368 g/mol. The highest BCUT2D eigenvalue weighted by Crippen LogP contribution is 2.27. The van der Waals surface area contributed by atoms with Crippen molar-refractivity contribution < 1.29 is 9.53 Å². The number of anilines is 1. The van der Waals surface area contributed by atoms with Crippen molar-refractivity contribution in [3.8, 4) is 5.75 Å². The normalized spacial score (nSPS) is 12.6. The van der Waals surface area contributed by atoms with Gasteiger partial charge in [-0.25, -0.2) is 0 Å². The van der Waals surface area contributed by atoms with Gasteiger partial charge in [-0.15, -0.1) is 0 Å². The number of rotatable bonds is 6. The maximum absolute atomic E-state index is 12.5. The summed E-state index contributed by atoms with van der Waals surface area (Å²) in [7, 11) is 0. The van der Waals surface area contributed by atoms with Crippen molar-refractivity contribution in [2.75, 3.05) is 18.1 Å². The third-order valence-corrected chi connectivity index (χ3v) is 4.81. The van der Waals surface area contributed by atoms with E-state index in [1.54, 1.807) is 12.1 Å². The largest absolute Gasteiger partial charge is 0.494 e. The van der Waals surface area contributed by atoms with Gasteiger partial charge in [-0.1, -0.05) is 38.0 Å². The molecule has 2 aromatic carbocycles. The van der Waals surface area contributed by atoms with Crippen LogP contribution in [0.15, 0.2) is 48.5 Å². The molecule has 0 fully saturated rings. The lowest BCUT2D eigenvalue weighted by Crippen LogP contribution is -2.41. The highest BCUT2D eigenvalue weighted by atomic mass is 32.1. The summed E-state index contributed by atoms with van der Waals surface area (Å²) in [5.41, 5.74) is 2.91. The number of thiocarbonyl (C=S) groups is 1. The molecule has 1 aliphatic heterocycles. The quantitative estimate of drug-likeness (QED) is 0.609. The van der Waals surface area contributed by atoms with Crippen LogP contribution < -0.4 is 15.0 Å². The van der Waals surface area contributed by atoms with E-state index < -0.39 is 0 Å². The number of carbonyl (C=O) groups excluding carboxylic acids is 1. The number of benzene rings is 2. The Labute approximate surface area is 160 Å². The molecule has 26 heavy (non-hydrogen) atoms. The van der Waals surface area contributed by atoms with E-state index in [4.69, 9.17) is 17.0 Å². The van der Waals surface area contributed by atoms with Crippen LogP contribution in [0.4, 0.5) is 5.69 Å². The Morgan fingerprint density at radius 2 is 1.92 bits per heavy atom. The summed E-state index contributed by atoms with van der Waals surface area (Å²) in [4.78, 5) is 14.4. The third kappa shape index (κ3) is 4.41. The molecule has 5 heteroatoms. The zero-order valence-electron chi connectivity index (χ0n) is 15.0. The Hall–Kier alpha value is -2.40. The first-order valence-electron chi connectivity index (χ1n) is 9.12. The van der Waals surface area contributed by atoms with Gasteiger partial charge in [-0.2, -0.15) is 0 Å². The Morgan fingerprint density at radius 3 is 2.69 bits per heavy atom. The van der Waals surface area contributed by atoms with Gasteiger partial charge in [0.25, 0.3) is 5.91 Å². The average Bonchev–Trinajstić information content (AvgIpc) is 3.10. The van der Waals surface area contributed by atoms with Crippen LogP contribution in [0.3, 0.4) is 0 Å². The summed E-state index contributed by atoms with van der Waals surface area (Å²) in [6.45, 7) is 3.67. The molecule has 136 valence electrons. The molecule has 2 aromatic rings. The Kier molecular flexibility index (Phi) is 6.23. The fourth-order valence-electron chi connectivity index (χ4n) is 3.03. The number of nitrogens with zero attached hydrogens (tertiary/aromatic N) is 1. The zero-order chi connectivity index (χ0) is 18.4. The fraction of sp³-hybridized carbons (Fsp3) is 0.333. The molecule has 1 heterocycles. The number of nitrogens with one attached hydrogen (secondary N) is 1. The minimum Gasteiger partial charge on any atom is -0.494 e. The number of fused-ring (bicyclic) bond motifs is 1. The second kappa shape index (κ2) is 8.81. The maximum Gasteiger partial charge on any atom is 0.257 e. The van der Waals surface area contributed by atoms with Crippen molar-refractivity contribution in [3.05, 3.63) is 59.7 Å². The zero-order valence-corrected chi connectivity index (χ0v) is 15.8. The fourth-order valence-corrected chi connectivity index (χ4v) is 3.31. The number of amides is 1. The number of para-hydroxylation sites is 1.